The smallest absolute Gasteiger partial charge is 0.371 e. The third-order valence-electron chi connectivity index (χ3n) is 5.99. The van der Waals surface area contributed by atoms with Crippen molar-refractivity contribution in [3.05, 3.63) is 35.2 Å². The van der Waals surface area contributed by atoms with Crippen LogP contribution in [0.25, 0.3) is 21.4 Å². The number of rotatable bonds is 7. The summed E-state index contributed by atoms with van der Waals surface area (Å²) in [6.07, 6.45) is -0.153. The van der Waals surface area contributed by atoms with E-state index in [-0.39, 0.29) is 43.6 Å². The molecule has 0 atom stereocenters. The summed E-state index contributed by atoms with van der Waals surface area (Å²) >= 11 is 1.47. The fourth-order valence-electron chi connectivity index (χ4n) is 4.21. The van der Waals surface area contributed by atoms with Gasteiger partial charge in [-0.25, -0.2) is 0 Å². The van der Waals surface area contributed by atoms with Gasteiger partial charge in [-0.15, -0.1) is 11.3 Å². The molecule has 2 aliphatic heterocycles. The van der Waals surface area contributed by atoms with Crippen molar-refractivity contribution in [2.24, 2.45) is 0 Å². The van der Waals surface area contributed by atoms with Gasteiger partial charge in [0.15, 0.2) is 35.9 Å². The van der Waals surface area contributed by atoms with Crippen LogP contribution in [0.1, 0.15) is 33.6 Å². The highest BCUT2D eigenvalue weighted by molar-refractivity contribution is 7.18. The summed E-state index contributed by atoms with van der Waals surface area (Å²) in [5, 5.41) is 2.00. The zero-order chi connectivity index (χ0) is 27.4. The molecule has 1 aromatic carbocycles. The normalized spacial score (nSPS) is 14.8. The number of hydrogen-bond acceptors (Lipinski definition) is 10. The fraction of sp³-hybridized carbons (Fsp3) is 0.464. The predicted molar refractivity (Wildman–Crippen MR) is 143 cm³/mol. The van der Waals surface area contributed by atoms with E-state index in [1.807, 2.05) is 29.6 Å². The van der Waals surface area contributed by atoms with E-state index in [0.29, 0.717) is 67.9 Å². The lowest BCUT2D eigenvalue weighted by Gasteiger charge is -2.19. The molecular weight excluding hydrogens is 653 g/mol. The highest BCUT2D eigenvalue weighted by Gasteiger charge is 2.22. The molecule has 216 valence electrons. The second kappa shape index (κ2) is 13.2. The number of nitrogens with zero attached hydrogens (tertiary/aromatic N) is 1. The summed E-state index contributed by atoms with van der Waals surface area (Å²) in [7, 11) is 0. The molecule has 0 radical (unpaired) electrons. The predicted octanol–water partition coefficient (Wildman–Crippen LogP) is 0.740. The molecule has 0 spiro atoms. The number of carbonyl (C=O) groups is 2. The number of esters is 2. The number of hydrogen-bond donors (Lipinski definition) is 0. The second-order valence-electron chi connectivity index (χ2n) is 10.1. The maximum atomic E-state index is 12.2. The van der Waals surface area contributed by atoms with Crippen molar-refractivity contribution in [2.75, 3.05) is 46.3 Å². The van der Waals surface area contributed by atoms with E-state index >= 15 is 0 Å². The number of ether oxygens (including phenoxy) is 6. The molecule has 12 heteroatoms. The van der Waals surface area contributed by atoms with Gasteiger partial charge in [0.05, 0.1) is 18.9 Å². The molecule has 2 aromatic heterocycles. The molecule has 0 saturated carbocycles. The van der Waals surface area contributed by atoms with Crippen LogP contribution in [-0.2, 0) is 23.8 Å². The van der Waals surface area contributed by atoms with Gasteiger partial charge in [-0.2, -0.15) is 4.58 Å². The lowest BCUT2D eigenvalue weighted by molar-refractivity contribution is -0.160. The first kappa shape index (κ1) is 30.1. The average molecular weight is 686 g/mol. The van der Waals surface area contributed by atoms with Crippen LogP contribution >= 0.6 is 11.3 Å². The van der Waals surface area contributed by atoms with E-state index < -0.39 is 17.5 Å². The van der Waals surface area contributed by atoms with E-state index in [2.05, 4.69) is 4.58 Å². The Morgan fingerprint density at radius 1 is 0.975 bits per heavy atom. The van der Waals surface area contributed by atoms with Crippen LogP contribution in [0.4, 0.5) is 0 Å². The third kappa shape index (κ3) is 7.46. The fourth-order valence-corrected chi connectivity index (χ4v) is 5.19. The van der Waals surface area contributed by atoms with Gasteiger partial charge >= 0.3 is 17.5 Å². The van der Waals surface area contributed by atoms with E-state index in [0.717, 1.165) is 15.8 Å². The maximum Gasteiger partial charge on any atom is 0.371 e. The largest absolute Gasteiger partial charge is 1.00 e. The molecule has 40 heavy (non-hydrogen) atoms. The van der Waals surface area contributed by atoms with Crippen molar-refractivity contribution in [3.8, 4) is 28.4 Å². The quantitative estimate of drug-likeness (QED) is 0.154. The van der Waals surface area contributed by atoms with E-state index in [4.69, 9.17) is 32.8 Å². The Morgan fingerprint density at radius 3 is 2.45 bits per heavy atom. The van der Waals surface area contributed by atoms with Crippen LogP contribution < -0.4 is 48.3 Å². The summed E-state index contributed by atoms with van der Waals surface area (Å²) in [4.78, 5) is 24.1. The van der Waals surface area contributed by atoms with Gasteiger partial charge in [0.1, 0.15) is 36.7 Å². The molecule has 0 amide bonds. The molecule has 0 aliphatic carbocycles. The lowest BCUT2D eigenvalue weighted by Crippen LogP contribution is -3.00. The SMILES string of the molecule is CC(C)(C)OC(=O)CCC(=O)OCOc1cc(=[N+]2CCOCC2)oc2c(-c3ccc4c(c3)OCCO4)csc12.[I-]. The Hall–Kier alpha value is -2.84. The molecule has 10 nitrogen and oxygen atoms in total. The Bertz CT molecular complexity index is 1430. The number of fused-ring (bicyclic) bond motifs is 2. The van der Waals surface area contributed by atoms with E-state index in [9.17, 15) is 9.59 Å². The van der Waals surface area contributed by atoms with Gasteiger partial charge in [-0.3, -0.25) is 9.59 Å². The Balaban J connectivity index is 0.00000370. The van der Waals surface area contributed by atoms with Crippen molar-refractivity contribution in [1.29, 1.82) is 0 Å². The minimum absolute atomic E-state index is 0. The van der Waals surface area contributed by atoms with Crippen LogP contribution in [0.3, 0.4) is 0 Å². The van der Waals surface area contributed by atoms with Crippen molar-refractivity contribution < 1.29 is 66.4 Å². The molecule has 2 aliphatic rings. The third-order valence-corrected chi connectivity index (χ3v) is 6.97. The van der Waals surface area contributed by atoms with Gasteiger partial charge in [0.25, 0.3) is 0 Å². The Kier molecular flexibility index (Phi) is 9.95. The minimum atomic E-state index is -0.606. The van der Waals surface area contributed by atoms with E-state index in [1.165, 1.54) is 11.3 Å². The molecule has 3 aromatic rings. The number of halogens is 1. The molecule has 0 unspecified atom stereocenters. The van der Waals surface area contributed by atoms with Gasteiger partial charge in [-0.05, 0) is 38.5 Å². The van der Waals surface area contributed by atoms with Gasteiger partial charge in [0, 0.05) is 10.9 Å². The minimum Gasteiger partial charge on any atom is -1.00 e. The molecule has 4 heterocycles. The summed E-state index contributed by atoms with van der Waals surface area (Å²) in [5.41, 5.74) is 2.50. The number of morpholine rings is 1. The monoisotopic (exact) mass is 685 g/mol. The zero-order valence-corrected chi connectivity index (χ0v) is 25.6. The number of benzene rings is 1. The summed E-state index contributed by atoms with van der Waals surface area (Å²) < 4.78 is 42.6. The first-order valence-electron chi connectivity index (χ1n) is 12.9. The van der Waals surface area contributed by atoms with Gasteiger partial charge in [0.2, 0.25) is 6.79 Å². The Labute approximate surface area is 252 Å². The second-order valence-corrected chi connectivity index (χ2v) is 11.0. The molecule has 1 saturated heterocycles. The summed E-state index contributed by atoms with van der Waals surface area (Å²) in [5.74, 6) is 0.943. The van der Waals surface area contributed by atoms with Crippen molar-refractivity contribution in [1.82, 2.24) is 4.58 Å². The van der Waals surface area contributed by atoms with Gasteiger partial charge < -0.3 is 56.8 Å². The topological polar surface area (TPSA) is 106 Å². The molecule has 0 bridgehead atoms. The Morgan fingerprint density at radius 2 is 1.70 bits per heavy atom. The summed E-state index contributed by atoms with van der Waals surface area (Å²) in [6.45, 7) is 8.60. The van der Waals surface area contributed by atoms with Crippen LogP contribution in [0, 0.1) is 0 Å². The van der Waals surface area contributed by atoms with Crippen LogP contribution in [0.5, 0.6) is 17.2 Å². The van der Waals surface area contributed by atoms with Crippen LogP contribution in [0.2, 0.25) is 0 Å². The molecule has 1 fully saturated rings. The first-order chi connectivity index (χ1) is 18.8. The summed E-state index contributed by atoms with van der Waals surface area (Å²) in [6, 6.07) is 7.62. The van der Waals surface area contributed by atoms with Crippen molar-refractivity contribution in [3.63, 3.8) is 0 Å². The maximum absolute atomic E-state index is 12.2. The first-order valence-corrected chi connectivity index (χ1v) is 13.8. The highest BCUT2D eigenvalue weighted by atomic mass is 127. The van der Waals surface area contributed by atoms with Gasteiger partial charge in [-0.1, -0.05) is 6.07 Å². The van der Waals surface area contributed by atoms with Crippen molar-refractivity contribution in [2.45, 2.75) is 39.2 Å². The number of thiophene rings is 1. The van der Waals surface area contributed by atoms with E-state index in [1.54, 1.807) is 20.8 Å². The highest BCUT2D eigenvalue weighted by Crippen LogP contribution is 2.41. The average Bonchev–Trinajstić information content (AvgIpc) is 3.35. The van der Waals surface area contributed by atoms with Crippen molar-refractivity contribution >= 4 is 33.6 Å². The molecular formula is C28H32INO9S. The molecule has 0 N–H and O–H groups in total. The lowest BCUT2D eigenvalue weighted by atomic mass is 10.1. The van der Waals surface area contributed by atoms with Crippen LogP contribution in [-0.4, -0.2) is 63.8 Å². The number of carbonyl (C=O) groups excluding carboxylic acids is 2. The standard InChI is InChI=1S/C28H32NO9S.HI/c1-28(2,3)38-25(31)7-6-24(30)36-17-35-22-15-23(29-8-10-32-11-9-29)37-26-19(16-39-27(22)26)18-4-5-20-21(14-18)34-13-12-33-20;/h4-5,14-16H,6-13,17H2,1-3H3;1H/q+1;/p-1. The zero-order valence-electron chi connectivity index (χ0n) is 22.7. The molecule has 5 rings (SSSR count). The van der Waals surface area contributed by atoms with Crippen LogP contribution in [0.15, 0.2) is 34.1 Å².